The minimum atomic E-state index is -0.353. The van der Waals surface area contributed by atoms with Crippen LogP contribution in [0.3, 0.4) is 0 Å². The maximum atomic E-state index is 10.9. The molecule has 5 nitrogen and oxygen atoms in total. The van der Waals surface area contributed by atoms with Gasteiger partial charge < -0.3 is 8.83 Å². The van der Waals surface area contributed by atoms with Crippen molar-refractivity contribution in [1.82, 2.24) is 4.98 Å². The lowest BCUT2D eigenvalue weighted by Gasteiger charge is -1.98. The molecule has 0 unspecified atom stereocenters. The van der Waals surface area contributed by atoms with Crippen LogP contribution in [-0.2, 0) is 12.8 Å². The van der Waals surface area contributed by atoms with Crippen molar-refractivity contribution in [2.45, 2.75) is 26.7 Å². The van der Waals surface area contributed by atoms with Gasteiger partial charge in [-0.25, -0.2) is 14.6 Å². The summed E-state index contributed by atoms with van der Waals surface area (Å²) in [5, 5.41) is 1.83. The first-order valence-electron chi connectivity index (χ1n) is 8.51. The van der Waals surface area contributed by atoms with Crippen LogP contribution in [0.25, 0.3) is 22.1 Å². The van der Waals surface area contributed by atoms with Crippen LogP contribution in [0.4, 0.5) is 0 Å². The third-order valence-corrected chi connectivity index (χ3v) is 4.00. The van der Waals surface area contributed by atoms with Crippen LogP contribution in [0.2, 0.25) is 0 Å². The lowest BCUT2D eigenvalue weighted by molar-refractivity contribution is 0.548. The second-order valence-electron chi connectivity index (χ2n) is 5.79. The molecule has 4 aromatic rings. The van der Waals surface area contributed by atoms with E-state index in [0.29, 0.717) is 11.3 Å². The molecule has 0 bridgehead atoms. The number of rotatable bonds is 2. The lowest BCUT2D eigenvalue weighted by atomic mass is 10.1. The maximum absolute atomic E-state index is 10.9. The van der Waals surface area contributed by atoms with Gasteiger partial charge in [0.05, 0.1) is 0 Å². The van der Waals surface area contributed by atoms with Crippen molar-refractivity contribution in [3.05, 3.63) is 86.7 Å². The first-order chi connectivity index (χ1) is 12.6. The standard InChI is InChI=1S/C11H10O2.C10H9NO2/c1-2-8-3-4-9-5-6-11(12)13-10(9)7-8;1-2-8-5-3-7-4-6-9(12)13-10(7)11-8/h3-7H,2H2,1H3;3-6H,2H2,1H3. The molecule has 1 aromatic carbocycles. The number of pyridine rings is 1. The van der Waals surface area contributed by atoms with E-state index in [9.17, 15) is 9.59 Å². The fourth-order valence-electron chi connectivity index (χ4n) is 2.51. The Kier molecular flexibility index (Phi) is 5.27. The summed E-state index contributed by atoms with van der Waals surface area (Å²) in [5.74, 6) is 0. The zero-order chi connectivity index (χ0) is 18.5. The number of nitrogens with zero attached hydrogens (tertiary/aromatic N) is 1. The first kappa shape index (κ1) is 17.6. The van der Waals surface area contributed by atoms with Gasteiger partial charge in [0.15, 0.2) is 0 Å². The van der Waals surface area contributed by atoms with Gasteiger partial charge in [0, 0.05) is 28.6 Å². The molecular weight excluding hydrogens is 330 g/mol. The largest absolute Gasteiger partial charge is 0.423 e. The van der Waals surface area contributed by atoms with Gasteiger partial charge >= 0.3 is 11.3 Å². The molecule has 0 aliphatic rings. The highest BCUT2D eigenvalue weighted by Crippen LogP contribution is 2.14. The molecule has 0 N–H and O–H groups in total. The van der Waals surface area contributed by atoms with E-state index >= 15 is 0 Å². The summed E-state index contributed by atoms with van der Waals surface area (Å²) in [5.41, 5.74) is 2.57. The zero-order valence-corrected chi connectivity index (χ0v) is 14.7. The number of aryl methyl sites for hydroxylation is 2. The van der Waals surface area contributed by atoms with Crippen LogP contribution < -0.4 is 11.3 Å². The third kappa shape index (κ3) is 4.06. The van der Waals surface area contributed by atoms with Crippen LogP contribution in [0.15, 0.2) is 73.0 Å². The van der Waals surface area contributed by atoms with E-state index in [1.54, 1.807) is 12.1 Å². The van der Waals surface area contributed by atoms with Crippen LogP contribution in [0, 0.1) is 0 Å². The number of aromatic nitrogens is 1. The Balaban J connectivity index is 0.000000151. The first-order valence-corrected chi connectivity index (χ1v) is 8.51. The minimum Gasteiger partial charge on any atom is -0.423 e. The van der Waals surface area contributed by atoms with Gasteiger partial charge in [-0.3, -0.25) is 0 Å². The number of benzene rings is 1. The summed E-state index contributed by atoms with van der Waals surface area (Å²) in [4.78, 5) is 26.0. The van der Waals surface area contributed by atoms with E-state index < -0.39 is 0 Å². The minimum absolute atomic E-state index is 0.291. The van der Waals surface area contributed by atoms with Crippen molar-refractivity contribution < 1.29 is 8.83 Å². The van der Waals surface area contributed by atoms with Gasteiger partial charge in [-0.1, -0.05) is 26.0 Å². The number of hydrogen-bond acceptors (Lipinski definition) is 5. The Morgan fingerprint density at radius 2 is 1.42 bits per heavy atom. The quantitative estimate of drug-likeness (QED) is 0.509. The van der Waals surface area contributed by atoms with Crippen molar-refractivity contribution in [3.8, 4) is 0 Å². The molecule has 0 saturated carbocycles. The third-order valence-electron chi connectivity index (χ3n) is 4.00. The summed E-state index contributed by atoms with van der Waals surface area (Å²) in [6.45, 7) is 4.08. The maximum Gasteiger partial charge on any atom is 0.337 e. The molecule has 0 amide bonds. The Hall–Kier alpha value is -3.21. The average molecular weight is 349 g/mol. The lowest BCUT2D eigenvalue weighted by Crippen LogP contribution is -1.97. The highest BCUT2D eigenvalue weighted by atomic mass is 16.4. The Bertz CT molecular complexity index is 1060. The van der Waals surface area contributed by atoms with Gasteiger partial charge in [0.2, 0.25) is 5.71 Å². The Morgan fingerprint density at radius 1 is 0.769 bits per heavy atom. The van der Waals surface area contributed by atoms with Gasteiger partial charge in [-0.05, 0) is 48.7 Å². The molecule has 0 saturated heterocycles. The zero-order valence-electron chi connectivity index (χ0n) is 14.7. The molecule has 132 valence electrons. The molecule has 26 heavy (non-hydrogen) atoms. The molecule has 0 atom stereocenters. The van der Waals surface area contributed by atoms with E-state index in [4.69, 9.17) is 8.83 Å². The van der Waals surface area contributed by atoms with E-state index in [-0.39, 0.29) is 11.3 Å². The van der Waals surface area contributed by atoms with E-state index in [0.717, 1.165) is 29.3 Å². The van der Waals surface area contributed by atoms with Gasteiger partial charge in [-0.15, -0.1) is 0 Å². The summed E-state index contributed by atoms with van der Waals surface area (Å²) >= 11 is 0. The number of hydrogen-bond donors (Lipinski definition) is 0. The fraction of sp³-hybridized carbons (Fsp3) is 0.190. The second-order valence-corrected chi connectivity index (χ2v) is 5.79. The predicted molar refractivity (Wildman–Crippen MR) is 102 cm³/mol. The molecule has 5 heteroatoms. The van der Waals surface area contributed by atoms with Gasteiger partial charge in [0.25, 0.3) is 0 Å². The second kappa shape index (κ2) is 7.78. The Morgan fingerprint density at radius 3 is 2.15 bits per heavy atom. The Labute approximate surface area is 149 Å². The molecule has 0 aliphatic carbocycles. The van der Waals surface area contributed by atoms with Crippen molar-refractivity contribution in [1.29, 1.82) is 0 Å². The number of fused-ring (bicyclic) bond motifs is 2. The molecule has 0 fully saturated rings. The SMILES string of the molecule is CCc1ccc2ccc(=O)oc2c1.CCc1ccc2ccc(=O)oc2n1. The molecule has 0 aliphatic heterocycles. The smallest absolute Gasteiger partial charge is 0.337 e. The molecule has 0 radical (unpaired) electrons. The van der Waals surface area contributed by atoms with E-state index in [1.165, 1.54) is 17.7 Å². The van der Waals surface area contributed by atoms with Crippen molar-refractivity contribution in [2.75, 3.05) is 0 Å². The van der Waals surface area contributed by atoms with Crippen LogP contribution in [0.5, 0.6) is 0 Å². The van der Waals surface area contributed by atoms with Crippen LogP contribution >= 0.6 is 0 Å². The highest BCUT2D eigenvalue weighted by molar-refractivity contribution is 5.76. The van der Waals surface area contributed by atoms with Crippen molar-refractivity contribution in [2.24, 2.45) is 0 Å². The van der Waals surface area contributed by atoms with E-state index in [1.807, 2.05) is 37.3 Å². The average Bonchev–Trinajstić information content (AvgIpc) is 2.67. The highest BCUT2D eigenvalue weighted by Gasteiger charge is 1.99. The summed E-state index contributed by atoms with van der Waals surface area (Å²) in [7, 11) is 0. The summed E-state index contributed by atoms with van der Waals surface area (Å²) in [6.07, 6.45) is 1.79. The topological polar surface area (TPSA) is 73.3 Å². The monoisotopic (exact) mass is 349 g/mol. The van der Waals surface area contributed by atoms with Crippen LogP contribution in [0.1, 0.15) is 25.1 Å². The molecule has 3 heterocycles. The predicted octanol–water partition coefficient (Wildman–Crippen LogP) is 4.11. The van der Waals surface area contributed by atoms with Gasteiger partial charge in [-0.2, -0.15) is 0 Å². The molecule has 4 rings (SSSR count). The molecule has 0 spiro atoms. The molecular formula is C21H19NO4. The fourth-order valence-corrected chi connectivity index (χ4v) is 2.51. The van der Waals surface area contributed by atoms with Crippen molar-refractivity contribution in [3.63, 3.8) is 0 Å². The molecule has 3 aromatic heterocycles. The van der Waals surface area contributed by atoms with Gasteiger partial charge in [0.1, 0.15) is 5.58 Å². The van der Waals surface area contributed by atoms with E-state index in [2.05, 4.69) is 11.9 Å². The summed E-state index contributed by atoms with van der Waals surface area (Å²) in [6, 6.07) is 16.1. The normalized spacial score (nSPS) is 10.5. The summed E-state index contributed by atoms with van der Waals surface area (Å²) < 4.78 is 9.99. The van der Waals surface area contributed by atoms with Crippen molar-refractivity contribution >= 4 is 22.1 Å². The van der Waals surface area contributed by atoms with Crippen LogP contribution in [-0.4, -0.2) is 4.98 Å².